The number of hydrogen-bond donors (Lipinski definition) is 2. The normalized spacial score (nSPS) is 16.4. The lowest BCUT2D eigenvalue weighted by molar-refractivity contribution is 0.184. The first-order valence-corrected chi connectivity index (χ1v) is 7.00. The second-order valence-electron chi connectivity index (χ2n) is 4.43. The lowest BCUT2D eigenvalue weighted by atomic mass is 10.1. The highest BCUT2D eigenvalue weighted by Gasteiger charge is 2.19. The zero-order valence-corrected chi connectivity index (χ0v) is 12.3. The van der Waals surface area contributed by atoms with Crippen molar-refractivity contribution in [1.82, 2.24) is 10.2 Å². The van der Waals surface area contributed by atoms with E-state index >= 15 is 0 Å². The summed E-state index contributed by atoms with van der Waals surface area (Å²) in [5, 5.41) is 12.4. The van der Waals surface area contributed by atoms with Crippen molar-refractivity contribution in [2.75, 3.05) is 26.2 Å². The van der Waals surface area contributed by atoms with Crippen LogP contribution in [0.3, 0.4) is 0 Å². The topological polar surface area (TPSA) is 61.8 Å². The second-order valence-corrected chi connectivity index (χ2v) is 5.34. The zero-order valence-electron chi connectivity index (χ0n) is 10.7. The van der Waals surface area contributed by atoms with Gasteiger partial charge in [0.15, 0.2) is 0 Å². The molecule has 2 amide bonds. The number of nitrogens with one attached hydrogen (secondary N) is 1. The molecule has 1 aliphatic heterocycles. The highest BCUT2D eigenvalue weighted by molar-refractivity contribution is 9.10. The molecule has 2 N–H and O–H groups in total. The number of urea groups is 1. The van der Waals surface area contributed by atoms with E-state index in [4.69, 9.17) is 4.74 Å². The average Bonchev–Trinajstić information content (AvgIpc) is 2.77. The molecule has 5 nitrogen and oxygen atoms in total. The van der Waals surface area contributed by atoms with Crippen LogP contribution in [0.25, 0.3) is 0 Å². The van der Waals surface area contributed by atoms with Crippen LogP contribution in [-0.4, -0.2) is 42.3 Å². The molecular weight excluding hydrogens is 312 g/mol. The number of nitrogens with zero attached hydrogens (tertiary/aromatic N) is 1. The van der Waals surface area contributed by atoms with Gasteiger partial charge in [0, 0.05) is 23.1 Å². The molecule has 0 radical (unpaired) electrons. The van der Waals surface area contributed by atoms with Crippen LogP contribution in [0.5, 0.6) is 5.75 Å². The molecule has 1 saturated heterocycles. The Morgan fingerprint density at radius 1 is 1.58 bits per heavy atom. The van der Waals surface area contributed by atoms with Crippen molar-refractivity contribution >= 4 is 22.0 Å². The van der Waals surface area contributed by atoms with Crippen LogP contribution < -0.4 is 10.1 Å². The van der Waals surface area contributed by atoms with Gasteiger partial charge < -0.3 is 20.1 Å². The van der Waals surface area contributed by atoms with Gasteiger partial charge in [-0.05, 0) is 25.1 Å². The van der Waals surface area contributed by atoms with E-state index in [1.807, 2.05) is 18.2 Å². The monoisotopic (exact) mass is 328 g/mol. The average molecular weight is 329 g/mol. The minimum absolute atomic E-state index is 0.0462. The minimum Gasteiger partial charge on any atom is -0.491 e. The van der Waals surface area contributed by atoms with Gasteiger partial charge in [-0.25, -0.2) is 4.79 Å². The molecule has 1 aliphatic rings. The van der Waals surface area contributed by atoms with Crippen molar-refractivity contribution in [2.24, 2.45) is 0 Å². The predicted molar refractivity (Wildman–Crippen MR) is 75.2 cm³/mol. The molecule has 0 aliphatic carbocycles. The Morgan fingerprint density at radius 3 is 3.00 bits per heavy atom. The molecular formula is C13H17BrN2O3. The summed E-state index contributed by atoms with van der Waals surface area (Å²) in [7, 11) is 0. The van der Waals surface area contributed by atoms with Gasteiger partial charge in [0.25, 0.3) is 0 Å². The molecule has 1 heterocycles. The van der Waals surface area contributed by atoms with Crippen LogP contribution in [0.2, 0.25) is 0 Å². The number of aliphatic hydroxyl groups is 1. The molecule has 1 aromatic carbocycles. The molecule has 0 aromatic heterocycles. The Morgan fingerprint density at radius 2 is 2.37 bits per heavy atom. The second kappa shape index (κ2) is 6.25. The Bertz CT molecular complexity index is 465. The van der Waals surface area contributed by atoms with Crippen LogP contribution in [-0.2, 0) is 0 Å². The smallest absolute Gasteiger partial charge is 0.317 e. The number of hydrogen-bond acceptors (Lipinski definition) is 3. The van der Waals surface area contributed by atoms with Crippen molar-refractivity contribution in [1.29, 1.82) is 0 Å². The summed E-state index contributed by atoms with van der Waals surface area (Å²) in [5.41, 5.74) is 0.736. The summed E-state index contributed by atoms with van der Waals surface area (Å²) in [6.07, 6.45) is -0.595. The van der Waals surface area contributed by atoms with Gasteiger partial charge in [-0.2, -0.15) is 0 Å². The largest absolute Gasteiger partial charge is 0.491 e. The zero-order chi connectivity index (χ0) is 13.8. The van der Waals surface area contributed by atoms with Crippen molar-refractivity contribution in [2.45, 2.75) is 13.0 Å². The van der Waals surface area contributed by atoms with Gasteiger partial charge >= 0.3 is 6.03 Å². The van der Waals surface area contributed by atoms with Crippen LogP contribution in [0, 0.1) is 0 Å². The summed E-state index contributed by atoms with van der Waals surface area (Å²) in [5.74, 6) is 0.651. The first-order chi connectivity index (χ1) is 9.08. The quantitative estimate of drug-likeness (QED) is 0.867. The third-order valence-corrected chi connectivity index (χ3v) is 3.48. The Balaban J connectivity index is 1.93. The van der Waals surface area contributed by atoms with Gasteiger partial charge in [-0.3, -0.25) is 0 Å². The Labute approximate surface area is 120 Å². The Kier molecular flexibility index (Phi) is 4.66. The van der Waals surface area contributed by atoms with Gasteiger partial charge in [-0.15, -0.1) is 0 Å². The number of rotatable bonds is 5. The van der Waals surface area contributed by atoms with Gasteiger partial charge in [0.05, 0.1) is 12.6 Å². The molecule has 1 fully saturated rings. The molecule has 0 bridgehead atoms. The van der Waals surface area contributed by atoms with Crippen LogP contribution in [0.15, 0.2) is 22.7 Å². The molecule has 19 heavy (non-hydrogen) atoms. The van der Waals surface area contributed by atoms with Gasteiger partial charge in [0.2, 0.25) is 0 Å². The number of amides is 2. The Hall–Kier alpha value is -1.27. The third-order valence-electron chi connectivity index (χ3n) is 2.99. The highest BCUT2D eigenvalue weighted by Crippen LogP contribution is 2.28. The fraction of sp³-hybridized carbons (Fsp3) is 0.462. The molecule has 0 saturated carbocycles. The first-order valence-electron chi connectivity index (χ1n) is 6.21. The highest BCUT2D eigenvalue weighted by atomic mass is 79.9. The van der Waals surface area contributed by atoms with E-state index in [-0.39, 0.29) is 6.03 Å². The lowest BCUT2D eigenvalue weighted by Gasteiger charge is -2.17. The van der Waals surface area contributed by atoms with E-state index in [0.717, 1.165) is 10.0 Å². The van der Waals surface area contributed by atoms with Gasteiger partial charge in [0.1, 0.15) is 12.4 Å². The van der Waals surface area contributed by atoms with Crippen molar-refractivity contribution < 1.29 is 14.6 Å². The lowest BCUT2D eigenvalue weighted by Crippen LogP contribution is -2.31. The van der Waals surface area contributed by atoms with Crippen molar-refractivity contribution in [3.8, 4) is 5.75 Å². The number of carbonyl (C=O) groups excluding carboxylic acids is 1. The van der Waals surface area contributed by atoms with Gasteiger partial charge in [-0.1, -0.05) is 15.9 Å². The van der Waals surface area contributed by atoms with Crippen LogP contribution in [0.1, 0.15) is 18.6 Å². The fourth-order valence-corrected chi connectivity index (χ4v) is 2.35. The number of halogens is 1. The number of carbonyl (C=O) groups is 1. The van der Waals surface area contributed by atoms with E-state index in [0.29, 0.717) is 32.0 Å². The molecule has 1 aromatic rings. The summed E-state index contributed by atoms with van der Waals surface area (Å²) in [6.45, 7) is 4.06. The first kappa shape index (κ1) is 14.1. The summed E-state index contributed by atoms with van der Waals surface area (Å²) in [6, 6.07) is 5.47. The number of aliphatic hydroxyl groups excluding tert-OH is 1. The fourth-order valence-electron chi connectivity index (χ4n) is 1.97. The van der Waals surface area contributed by atoms with Crippen molar-refractivity contribution in [3.05, 3.63) is 28.2 Å². The molecule has 104 valence electrons. The van der Waals surface area contributed by atoms with Crippen LogP contribution in [0.4, 0.5) is 4.79 Å². The molecule has 0 spiro atoms. The maximum Gasteiger partial charge on any atom is 0.317 e. The maximum absolute atomic E-state index is 11.3. The van der Waals surface area contributed by atoms with E-state index < -0.39 is 6.10 Å². The number of benzene rings is 1. The number of ether oxygens (including phenoxy) is 1. The van der Waals surface area contributed by atoms with E-state index in [2.05, 4.69) is 21.2 Å². The molecule has 1 atom stereocenters. The molecule has 2 rings (SSSR count). The summed E-state index contributed by atoms with van der Waals surface area (Å²) < 4.78 is 6.56. The predicted octanol–water partition coefficient (Wildman–Crippen LogP) is 1.91. The third kappa shape index (κ3) is 3.61. The van der Waals surface area contributed by atoms with E-state index in [1.165, 1.54) is 0 Å². The SMILES string of the molecule is C[C@@H](O)c1cc(Br)ccc1OCCN1CCNC1=O. The summed E-state index contributed by atoms with van der Waals surface area (Å²) >= 11 is 3.37. The summed E-state index contributed by atoms with van der Waals surface area (Å²) in [4.78, 5) is 13.1. The van der Waals surface area contributed by atoms with Crippen molar-refractivity contribution in [3.63, 3.8) is 0 Å². The van der Waals surface area contributed by atoms with E-state index in [1.54, 1.807) is 11.8 Å². The molecule has 0 unspecified atom stereocenters. The minimum atomic E-state index is -0.595. The maximum atomic E-state index is 11.3. The standard InChI is InChI=1S/C13H17BrN2O3/c1-9(17)11-8-10(14)2-3-12(11)19-7-6-16-5-4-15-13(16)18/h2-3,8-9,17H,4-7H2,1H3,(H,15,18)/t9-/m1/s1. The van der Waals surface area contributed by atoms with E-state index in [9.17, 15) is 9.90 Å². The van der Waals surface area contributed by atoms with Crippen LogP contribution >= 0.6 is 15.9 Å². The molecule has 6 heteroatoms.